The van der Waals surface area contributed by atoms with Crippen molar-refractivity contribution in [3.8, 4) is 11.5 Å². The van der Waals surface area contributed by atoms with Crippen molar-refractivity contribution in [2.24, 2.45) is 0 Å². The lowest BCUT2D eigenvalue weighted by Gasteiger charge is -2.21. The van der Waals surface area contributed by atoms with Crippen LogP contribution in [0.3, 0.4) is 0 Å². The molecule has 0 saturated carbocycles. The number of aromatic nitrogens is 3. The van der Waals surface area contributed by atoms with Gasteiger partial charge >= 0.3 is 6.18 Å². The molecule has 0 aliphatic rings. The smallest absolute Gasteiger partial charge is 0.416 e. The van der Waals surface area contributed by atoms with Gasteiger partial charge in [0.1, 0.15) is 5.82 Å². The van der Waals surface area contributed by atoms with Crippen LogP contribution < -0.4 is 14.8 Å². The van der Waals surface area contributed by atoms with E-state index in [9.17, 15) is 13.2 Å². The van der Waals surface area contributed by atoms with Crippen LogP contribution in [0.5, 0.6) is 11.5 Å². The Balaban J connectivity index is 2.11. The Morgan fingerprint density at radius 3 is 2.47 bits per heavy atom. The van der Waals surface area contributed by atoms with Gasteiger partial charge < -0.3 is 19.9 Å². The third-order valence-corrected chi connectivity index (χ3v) is 4.85. The molecule has 0 amide bonds. The fraction of sp³-hybridized carbons (Fsp3) is 0.286. The van der Waals surface area contributed by atoms with Crippen molar-refractivity contribution in [1.82, 2.24) is 15.2 Å². The highest BCUT2D eigenvalue weighted by atomic mass is 19.4. The number of halogens is 3. The molecule has 0 bridgehead atoms. The highest BCUT2D eigenvalue weighted by molar-refractivity contribution is 5.91. The van der Waals surface area contributed by atoms with E-state index in [1.54, 1.807) is 37.5 Å². The largest absolute Gasteiger partial charge is 0.493 e. The van der Waals surface area contributed by atoms with Crippen molar-refractivity contribution in [1.29, 1.82) is 0 Å². The predicted octanol–water partition coefficient (Wildman–Crippen LogP) is 5.53. The molecule has 3 aromatic rings. The minimum atomic E-state index is -4.41. The van der Waals surface area contributed by atoms with Crippen LogP contribution in [-0.4, -0.2) is 29.4 Å². The molecule has 0 aliphatic heterocycles. The van der Waals surface area contributed by atoms with Gasteiger partial charge in [0.15, 0.2) is 11.5 Å². The number of nitrogens with one attached hydrogen (secondary N) is 3. The summed E-state index contributed by atoms with van der Waals surface area (Å²) in [5.41, 5.74) is 0.678. The first-order valence-corrected chi connectivity index (χ1v) is 9.20. The van der Waals surface area contributed by atoms with Crippen LogP contribution in [0.2, 0.25) is 0 Å². The van der Waals surface area contributed by atoms with Gasteiger partial charge in [-0.25, -0.2) is 0 Å². The molecular formula is C21H23F3N4O2. The number of methoxy groups -OCH3 is 2. The van der Waals surface area contributed by atoms with Crippen molar-refractivity contribution in [2.45, 2.75) is 26.1 Å². The third kappa shape index (κ3) is 4.29. The van der Waals surface area contributed by atoms with Gasteiger partial charge in [0.05, 0.1) is 31.3 Å². The summed E-state index contributed by atoms with van der Waals surface area (Å²) in [6.07, 6.45) is -1.23. The minimum absolute atomic E-state index is 0.182. The first kappa shape index (κ1) is 21.4. The predicted molar refractivity (Wildman–Crippen MR) is 109 cm³/mol. The molecule has 0 radical (unpaired) electrons. The molecule has 0 saturated heterocycles. The van der Waals surface area contributed by atoms with E-state index in [2.05, 4.69) is 20.5 Å². The number of hydrogen-bond donors (Lipinski definition) is 3. The van der Waals surface area contributed by atoms with E-state index in [-0.39, 0.29) is 5.56 Å². The third-order valence-electron chi connectivity index (χ3n) is 4.85. The lowest BCUT2D eigenvalue weighted by atomic mass is 9.97. The molecule has 0 spiro atoms. The molecule has 1 heterocycles. The number of hydrogen-bond acceptors (Lipinski definition) is 4. The van der Waals surface area contributed by atoms with Gasteiger partial charge in [-0.1, -0.05) is 12.1 Å². The Bertz CT molecular complexity index is 1090. The highest BCUT2D eigenvalue weighted by Gasteiger charge is 2.33. The molecular weight excluding hydrogens is 397 g/mol. The summed E-state index contributed by atoms with van der Waals surface area (Å²) in [4.78, 5) is 4.40. The van der Waals surface area contributed by atoms with E-state index in [0.29, 0.717) is 33.8 Å². The summed E-state index contributed by atoms with van der Waals surface area (Å²) in [7, 11) is 3.06. The quantitative estimate of drug-likeness (QED) is 0.507. The zero-order chi connectivity index (χ0) is 21.9. The van der Waals surface area contributed by atoms with Gasteiger partial charge in [-0.15, -0.1) is 0 Å². The van der Waals surface area contributed by atoms with Crippen LogP contribution in [0.15, 0.2) is 42.7 Å². The Morgan fingerprint density at radius 2 is 1.80 bits per heavy atom. The van der Waals surface area contributed by atoms with Crippen LogP contribution in [0.1, 0.15) is 29.7 Å². The summed E-state index contributed by atoms with van der Waals surface area (Å²) in [6.45, 7) is 3.27. The zero-order valence-electron chi connectivity index (χ0n) is 17.0. The van der Waals surface area contributed by atoms with Crippen molar-refractivity contribution < 1.29 is 22.6 Å². The van der Waals surface area contributed by atoms with Crippen LogP contribution in [0, 0.1) is 6.92 Å². The van der Waals surface area contributed by atoms with E-state index in [1.165, 1.54) is 27.2 Å². The first-order valence-electron chi connectivity index (χ1n) is 9.20. The molecule has 1 aromatic heterocycles. The number of benzene rings is 2. The van der Waals surface area contributed by atoms with Gasteiger partial charge in [-0.05, 0) is 37.1 Å². The Kier molecular flexibility index (Phi) is 6.09. The number of anilines is 1. The number of rotatable bonds is 5. The SMILES string of the molecule is COc1cc2ncc[nH][nH]c(N[C@H](C)c3cccc(C(F)(F)F)c3C)c2cc1OC. The topological polar surface area (TPSA) is 75.0 Å². The average Bonchev–Trinajstić information content (AvgIpc) is 2.69. The number of alkyl halides is 3. The monoisotopic (exact) mass is 420 g/mol. The molecule has 1 atom stereocenters. The lowest BCUT2D eigenvalue weighted by molar-refractivity contribution is -0.138. The van der Waals surface area contributed by atoms with Crippen molar-refractivity contribution >= 4 is 16.7 Å². The highest BCUT2D eigenvalue weighted by Crippen LogP contribution is 2.36. The number of nitrogens with zero attached hydrogens (tertiary/aromatic N) is 1. The number of H-pyrrole nitrogens is 2. The van der Waals surface area contributed by atoms with Crippen LogP contribution in [-0.2, 0) is 6.18 Å². The second-order valence-electron chi connectivity index (χ2n) is 6.70. The average molecular weight is 420 g/mol. The van der Waals surface area contributed by atoms with E-state index in [1.807, 2.05) is 0 Å². The molecule has 6 nitrogen and oxygen atoms in total. The molecule has 0 aliphatic carbocycles. The van der Waals surface area contributed by atoms with Gasteiger partial charge in [-0.3, -0.25) is 10.1 Å². The Morgan fingerprint density at radius 1 is 1.10 bits per heavy atom. The number of fused-ring (bicyclic) bond motifs is 1. The first-order chi connectivity index (χ1) is 14.3. The van der Waals surface area contributed by atoms with Crippen LogP contribution >= 0.6 is 0 Å². The molecule has 2 aromatic carbocycles. The molecule has 3 N–H and O–H groups in total. The summed E-state index contributed by atoms with van der Waals surface area (Å²) in [6, 6.07) is 7.23. The van der Waals surface area contributed by atoms with Gasteiger partial charge in [-0.2, -0.15) is 13.2 Å². The van der Waals surface area contributed by atoms with Crippen LogP contribution in [0.25, 0.3) is 10.9 Å². The van der Waals surface area contributed by atoms with Gasteiger partial charge in [0.25, 0.3) is 0 Å². The van der Waals surface area contributed by atoms with Crippen molar-refractivity contribution in [2.75, 3.05) is 19.5 Å². The van der Waals surface area contributed by atoms with E-state index >= 15 is 0 Å². The molecule has 3 rings (SSSR count). The molecule has 160 valence electrons. The number of aromatic amines is 2. The van der Waals surface area contributed by atoms with E-state index < -0.39 is 17.8 Å². The van der Waals surface area contributed by atoms with Crippen molar-refractivity contribution in [3.05, 3.63) is 59.4 Å². The maximum absolute atomic E-state index is 13.3. The fourth-order valence-corrected chi connectivity index (χ4v) is 3.35. The maximum Gasteiger partial charge on any atom is 0.416 e. The molecule has 0 fully saturated rings. The van der Waals surface area contributed by atoms with Crippen LogP contribution in [0.4, 0.5) is 19.0 Å². The Hall–Kier alpha value is -3.36. The summed E-state index contributed by atoms with van der Waals surface area (Å²) in [5, 5.41) is 9.82. The molecule has 0 unspecified atom stereocenters. The normalized spacial score (nSPS) is 12.4. The van der Waals surface area contributed by atoms with Gasteiger partial charge in [0, 0.05) is 23.8 Å². The number of ether oxygens (including phenoxy) is 2. The Labute approximate surface area is 171 Å². The standard InChI is InChI=1S/C21H23F3N4O2/c1-12-14(6-5-7-16(12)21(22,23)24)13(2)27-20-15-10-18(29-3)19(30-4)11-17(15)25-8-9-26-28-20/h5-11,13,26-28H,1-4H3/t13-/m1/s1. The second-order valence-corrected chi connectivity index (χ2v) is 6.70. The summed E-state index contributed by atoms with van der Waals surface area (Å²) in [5.74, 6) is 1.55. The summed E-state index contributed by atoms with van der Waals surface area (Å²) < 4.78 is 50.6. The second kappa shape index (κ2) is 8.56. The van der Waals surface area contributed by atoms with E-state index in [0.717, 1.165) is 6.07 Å². The van der Waals surface area contributed by atoms with E-state index in [4.69, 9.17) is 9.47 Å². The van der Waals surface area contributed by atoms with Crippen molar-refractivity contribution in [3.63, 3.8) is 0 Å². The fourth-order valence-electron chi connectivity index (χ4n) is 3.35. The minimum Gasteiger partial charge on any atom is -0.493 e. The molecule has 9 heteroatoms. The van der Waals surface area contributed by atoms with Gasteiger partial charge in [0.2, 0.25) is 0 Å². The maximum atomic E-state index is 13.3. The summed E-state index contributed by atoms with van der Waals surface area (Å²) >= 11 is 0. The molecule has 30 heavy (non-hydrogen) atoms. The lowest BCUT2D eigenvalue weighted by Crippen LogP contribution is -2.14. The zero-order valence-corrected chi connectivity index (χ0v) is 17.0.